The van der Waals surface area contributed by atoms with Crippen molar-refractivity contribution < 1.29 is 27.5 Å². The second-order valence-corrected chi connectivity index (χ2v) is 9.40. The Balaban J connectivity index is 1.47. The third-order valence-corrected chi connectivity index (χ3v) is 6.90. The fourth-order valence-electron chi connectivity index (χ4n) is 3.35. The summed E-state index contributed by atoms with van der Waals surface area (Å²) in [4.78, 5) is 24.1. The topological polar surface area (TPSA) is 102 Å². The average molecular weight is 461 g/mol. The zero-order chi connectivity index (χ0) is 22.8. The monoisotopic (exact) mass is 460 g/mol. The molecule has 2 aromatic carbocycles. The van der Waals surface area contributed by atoms with Gasteiger partial charge in [0.1, 0.15) is 5.75 Å². The van der Waals surface area contributed by atoms with Crippen LogP contribution in [0.3, 0.4) is 0 Å². The fraction of sp³-hybridized carbons (Fsp3) is 0.391. The van der Waals surface area contributed by atoms with Gasteiger partial charge in [-0.1, -0.05) is 37.1 Å². The molecule has 3 rings (SSSR count). The summed E-state index contributed by atoms with van der Waals surface area (Å²) >= 11 is 0. The summed E-state index contributed by atoms with van der Waals surface area (Å²) in [6.45, 7) is 0.680. The number of nitrogens with zero attached hydrogens (tertiary/aromatic N) is 1. The van der Waals surface area contributed by atoms with Gasteiger partial charge in [0.05, 0.1) is 17.9 Å². The van der Waals surface area contributed by atoms with Crippen LogP contribution in [0.5, 0.6) is 5.75 Å². The van der Waals surface area contributed by atoms with Gasteiger partial charge in [-0.3, -0.25) is 9.59 Å². The minimum Gasteiger partial charge on any atom is -0.493 e. The van der Waals surface area contributed by atoms with Gasteiger partial charge in [-0.25, -0.2) is 8.42 Å². The Hall–Kier alpha value is -2.91. The number of hydrogen-bond acceptors (Lipinski definition) is 6. The molecule has 172 valence electrons. The number of ether oxygens (including phenoxy) is 2. The number of amides is 1. The first kappa shape index (κ1) is 23.7. The first-order valence-electron chi connectivity index (χ1n) is 10.7. The molecule has 1 saturated heterocycles. The number of hydrogen-bond donors (Lipinski definition) is 1. The number of para-hydroxylation sites is 1. The molecule has 0 saturated carbocycles. The maximum atomic E-state index is 12.9. The molecule has 1 N–H and O–H groups in total. The van der Waals surface area contributed by atoms with Gasteiger partial charge in [-0.2, -0.15) is 4.31 Å². The van der Waals surface area contributed by atoms with Crippen molar-refractivity contribution in [3.63, 3.8) is 0 Å². The van der Waals surface area contributed by atoms with Gasteiger partial charge in [0, 0.05) is 18.8 Å². The van der Waals surface area contributed by atoms with Gasteiger partial charge in [-0.05, 0) is 43.2 Å². The van der Waals surface area contributed by atoms with Crippen LogP contribution in [0.4, 0.5) is 5.69 Å². The Kier molecular flexibility index (Phi) is 8.64. The van der Waals surface area contributed by atoms with E-state index in [0.717, 1.165) is 25.7 Å². The number of anilines is 1. The molecular formula is C23H28N2O6S. The number of carbonyl (C=O) groups excluding carboxylic acids is 2. The quantitative estimate of drug-likeness (QED) is 0.577. The van der Waals surface area contributed by atoms with Crippen LogP contribution in [0.2, 0.25) is 0 Å². The highest BCUT2D eigenvalue weighted by atomic mass is 32.2. The molecule has 0 unspecified atom stereocenters. The van der Waals surface area contributed by atoms with Crippen molar-refractivity contribution in [2.24, 2.45) is 0 Å². The average Bonchev–Trinajstić information content (AvgIpc) is 3.09. The standard InChI is InChI=1S/C23H28N2O6S/c26-22(18-31-23(27)13-16-30-20-10-4-3-5-11-20)24-19-9-8-12-21(17-19)32(28,29)25-14-6-1-2-7-15-25/h3-5,8-12,17H,1-2,6-7,13-16,18H2,(H,24,26). The van der Waals surface area contributed by atoms with Gasteiger partial charge in [0.15, 0.2) is 6.61 Å². The van der Waals surface area contributed by atoms with Gasteiger partial charge < -0.3 is 14.8 Å². The van der Waals surface area contributed by atoms with Gasteiger partial charge in [-0.15, -0.1) is 0 Å². The number of esters is 1. The molecule has 1 aliphatic heterocycles. The van der Waals surface area contributed by atoms with E-state index < -0.39 is 28.5 Å². The number of carbonyl (C=O) groups is 2. The highest BCUT2D eigenvalue weighted by molar-refractivity contribution is 7.89. The highest BCUT2D eigenvalue weighted by Crippen LogP contribution is 2.22. The maximum absolute atomic E-state index is 12.9. The van der Waals surface area contributed by atoms with E-state index in [0.29, 0.717) is 24.5 Å². The van der Waals surface area contributed by atoms with Crippen LogP contribution in [0, 0.1) is 0 Å². The number of rotatable bonds is 9. The summed E-state index contributed by atoms with van der Waals surface area (Å²) in [7, 11) is -3.62. The third-order valence-electron chi connectivity index (χ3n) is 5.00. The summed E-state index contributed by atoms with van der Waals surface area (Å²) in [6, 6.07) is 15.2. The molecule has 0 atom stereocenters. The minimum atomic E-state index is -3.62. The largest absolute Gasteiger partial charge is 0.493 e. The normalized spacial score (nSPS) is 14.9. The van der Waals surface area contributed by atoms with E-state index in [9.17, 15) is 18.0 Å². The Bertz CT molecular complexity index is 1000. The van der Waals surface area contributed by atoms with Crippen molar-refractivity contribution in [2.75, 3.05) is 31.6 Å². The predicted molar refractivity (Wildman–Crippen MR) is 120 cm³/mol. The first-order valence-corrected chi connectivity index (χ1v) is 12.1. The second-order valence-electron chi connectivity index (χ2n) is 7.47. The second kappa shape index (κ2) is 11.6. The summed E-state index contributed by atoms with van der Waals surface area (Å²) in [6.07, 6.45) is 3.75. The molecule has 1 amide bonds. The van der Waals surface area contributed by atoms with Gasteiger partial charge in [0.2, 0.25) is 10.0 Å². The van der Waals surface area contributed by atoms with Crippen LogP contribution in [0.15, 0.2) is 59.5 Å². The van der Waals surface area contributed by atoms with Crippen molar-refractivity contribution in [3.05, 3.63) is 54.6 Å². The molecule has 8 nitrogen and oxygen atoms in total. The molecule has 9 heteroatoms. The van der Waals surface area contributed by atoms with Crippen LogP contribution in [0.1, 0.15) is 32.1 Å². The molecule has 0 bridgehead atoms. The highest BCUT2D eigenvalue weighted by Gasteiger charge is 2.25. The molecule has 32 heavy (non-hydrogen) atoms. The Morgan fingerprint density at radius 3 is 2.38 bits per heavy atom. The SMILES string of the molecule is O=C(COC(=O)CCOc1ccccc1)Nc1cccc(S(=O)(=O)N2CCCCCC2)c1. The number of nitrogens with one attached hydrogen (secondary N) is 1. The molecule has 1 heterocycles. The maximum Gasteiger partial charge on any atom is 0.309 e. The van der Waals surface area contributed by atoms with Crippen LogP contribution < -0.4 is 10.1 Å². The van der Waals surface area contributed by atoms with E-state index in [4.69, 9.17) is 9.47 Å². The zero-order valence-corrected chi connectivity index (χ0v) is 18.7. The Labute approximate surface area is 188 Å². The number of sulfonamides is 1. The summed E-state index contributed by atoms with van der Waals surface area (Å²) in [5.41, 5.74) is 0.328. The molecule has 0 aromatic heterocycles. The molecule has 2 aromatic rings. The lowest BCUT2D eigenvalue weighted by molar-refractivity contribution is -0.147. The van der Waals surface area contributed by atoms with E-state index in [1.807, 2.05) is 18.2 Å². The minimum absolute atomic E-state index is 0.00569. The Morgan fingerprint density at radius 1 is 0.938 bits per heavy atom. The van der Waals surface area contributed by atoms with Crippen molar-refractivity contribution >= 4 is 27.6 Å². The van der Waals surface area contributed by atoms with E-state index in [1.165, 1.54) is 16.4 Å². The van der Waals surface area contributed by atoms with Gasteiger partial charge in [0.25, 0.3) is 5.91 Å². The summed E-state index contributed by atoms with van der Waals surface area (Å²) in [5, 5.41) is 2.58. The van der Waals surface area contributed by atoms with Crippen LogP contribution in [0.25, 0.3) is 0 Å². The van der Waals surface area contributed by atoms with E-state index in [-0.39, 0.29) is 17.9 Å². The number of benzene rings is 2. The summed E-state index contributed by atoms with van der Waals surface area (Å²) in [5.74, 6) is -0.465. The Morgan fingerprint density at radius 2 is 1.66 bits per heavy atom. The summed E-state index contributed by atoms with van der Waals surface area (Å²) < 4.78 is 37.7. The molecule has 0 aliphatic carbocycles. The predicted octanol–water partition coefficient (Wildman–Crippen LogP) is 3.20. The van der Waals surface area contributed by atoms with Crippen LogP contribution in [-0.2, 0) is 24.3 Å². The first-order chi connectivity index (χ1) is 15.4. The molecule has 0 radical (unpaired) electrons. The molecule has 1 aliphatic rings. The van der Waals surface area contributed by atoms with Crippen molar-refractivity contribution in [2.45, 2.75) is 37.0 Å². The van der Waals surface area contributed by atoms with E-state index in [2.05, 4.69) is 5.32 Å². The molecule has 1 fully saturated rings. The van der Waals surface area contributed by atoms with Crippen molar-refractivity contribution in [3.8, 4) is 5.75 Å². The van der Waals surface area contributed by atoms with Gasteiger partial charge >= 0.3 is 5.97 Å². The fourth-order valence-corrected chi connectivity index (χ4v) is 4.91. The molecular weight excluding hydrogens is 432 g/mol. The van der Waals surface area contributed by atoms with Crippen molar-refractivity contribution in [1.82, 2.24) is 4.31 Å². The molecule has 0 spiro atoms. The van der Waals surface area contributed by atoms with Crippen LogP contribution in [-0.4, -0.2) is 50.9 Å². The lowest BCUT2D eigenvalue weighted by Crippen LogP contribution is -2.32. The van der Waals surface area contributed by atoms with E-state index in [1.54, 1.807) is 24.3 Å². The van der Waals surface area contributed by atoms with Crippen molar-refractivity contribution in [1.29, 1.82) is 0 Å². The zero-order valence-electron chi connectivity index (χ0n) is 17.9. The third kappa shape index (κ3) is 7.06. The lowest BCUT2D eigenvalue weighted by atomic mass is 10.2. The lowest BCUT2D eigenvalue weighted by Gasteiger charge is -2.20. The van der Waals surface area contributed by atoms with E-state index >= 15 is 0 Å². The smallest absolute Gasteiger partial charge is 0.309 e. The van der Waals surface area contributed by atoms with Crippen LogP contribution >= 0.6 is 0 Å².